The number of carbonyl (C=O) groups excluding carboxylic acids is 1. The summed E-state index contributed by atoms with van der Waals surface area (Å²) in [7, 11) is 0. The number of hydrogen-bond donors (Lipinski definition) is 1. The fourth-order valence-corrected chi connectivity index (χ4v) is 1.56. The van der Waals surface area contributed by atoms with Gasteiger partial charge in [0.1, 0.15) is 6.04 Å². The molecule has 13 heavy (non-hydrogen) atoms. The van der Waals surface area contributed by atoms with Gasteiger partial charge < -0.3 is 10.1 Å². The standard InChI is InChI=1S/C10H19NO2/c1-4-8-6-9(8)11-7(3)10(12)13-5-2/h7-9,11H,4-6H2,1-3H3. The molecule has 3 nitrogen and oxygen atoms in total. The molecule has 0 aromatic heterocycles. The molecule has 0 aliphatic heterocycles. The normalized spacial score (nSPS) is 28.2. The van der Waals surface area contributed by atoms with Crippen molar-refractivity contribution in [1.82, 2.24) is 5.32 Å². The van der Waals surface area contributed by atoms with E-state index in [0.717, 1.165) is 5.92 Å². The summed E-state index contributed by atoms with van der Waals surface area (Å²) in [4.78, 5) is 11.2. The topological polar surface area (TPSA) is 38.3 Å². The van der Waals surface area contributed by atoms with Crippen LogP contribution in [0.4, 0.5) is 0 Å². The minimum absolute atomic E-state index is 0.135. The SMILES string of the molecule is CCOC(=O)C(C)NC1CC1CC. The van der Waals surface area contributed by atoms with Crippen molar-refractivity contribution in [2.24, 2.45) is 5.92 Å². The van der Waals surface area contributed by atoms with Gasteiger partial charge in [-0.2, -0.15) is 0 Å². The first kappa shape index (κ1) is 10.5. The molecule has 0 heterocycles. The van der Waals surface area contributed by atoms with Crippen molar-refractivity contribution in [2.75, 3.05) is 6.61 Å². The second-order valence-electron chi connectivity index (χ2n) is 3.65. The summed E-state index contributed by atoms with van der Waals surface area (Å²) in [5, 5.41) is 3.26. The van der Waals surface area contributed by atoms with Crippen LogP contribution in [0.1, 0.15) is 33.6 Å². The Balaban J connectivity index is 2.18. The van der Waals surface area contributed by atoms with Crippen LogP contribution in [-0.4, -0.2) is 24.7 Å². The van der Waals surface area contributed by atoms with Crippen LogP contribution < -0.4 is 5.32 Å². The van der Waals surface area contributed by atoms with E-state index in [0.29, 0.717) is 12.6 Å². The number of esters is 1. The number of hydrogen-bond acceptors (Lipinski definition) is 3. The molecular weight excluding hydrogens is 166 g/mol. The minimum atomic E-state index is -0.151. The fourth-order valence-electron chi connectivity index (χ4n) is 1.56. The van der Waals surface area contributed by atoms with Crippen LogP contribution in [0.25, 0.3) is 0 Å². The molecule has 0 saturated heterocycles. The van der Waals surface area contributed by atoms with Crippen LogP contribution in [0.2, 0.25) is 0 Å². The third-order valence-electron chi connectivity index (χ3n) is 2.55. The molecule has 1 aliphatic rings. The zero-order valence-electron chi connectivity index (χ0n) is 8.67. The Morgan fingerprint density at radius 3 is 2.77 bits per heavy atom. The maximum atomic E-state index is 11.2. The molecule has 0 spiro atoms. The van der Waals surface area contributed by atoms with Gasteiger partial charge in [0.15, 0.2) is 0 Å². The molecule has 1 fully saturated rings. The molecule has 1 N–H and O–H groups in total. The predicted octanol–water partition coefficient (Wildman–Crippen LogP) is 1.33. The molecule has 3 unspecified atom stereocenters. The van der Waals surface area contributed by atoms with Crippen molar-refractivity contribution in [3.8, 4) is 0 Å². The number of ether oxygens (including phenoxy) is 1. The lowest BCUT2D eigenvalue weighted by atomic mass is 10.3. The van der Waals surface area contributed by atoms with E-state index in [1.165, 1.54) is 12.8 Å². The van der Waals surface area contributed by atoms with E-state index < -0.39 is 0 Å². The summed E-state index contributed by atoms with van der Waals surface area (Å²) in [6, 6.07) is 0.394. The lowest BCUT2D eigenvalue weighted by Crippen LogP contribution is -2.37. The van der Waals surface area contributed by atoms with E-state index in [2.05, 4.69) is 12.2 Å². The quantitative estimate of drug-likeness (QED) is 0.657. The lowest BCUT2D eigenvalue weighted by molar-refractivity contribution is -0.145. The largest absolute Gasteiger partial charge is 0.465 e. The average molecular weight is 185 g/mol. The van der Waals surface area contributed by atoms with Crippen LogP contribution in [0.15, 0.2) is 0 Å². The van der Waals surface area contributed by atoms with Crippen molar-refractivity contribution in [2.45, 2.75) is 45.7 Å². The van der Waals surface area contributed by atoms with Gasteiger partial charge in [0.25, 0.3) is 0 Å². The summed E-state index contributed by atoms with van der Waals surface area (Å²) in [5.41, 5.74) is 0. The summed E-state index contributed by atoms with van der Waals surface area (Å²) in [6.45, 7) is 6.34. The Kier molecular flexibility index (Phi) is 3.72. The molecule has 0 amide bonds. The van der Waals surface area contributed by atoms with E-state index >= 15 is 0 Å². The highest BCUT2D eigenvalue weighted by molar-refractivity contribution is 5.75. The number of nitrogens with one attached hydrogen (secondary N) is 1. The summed E-state index contributed by atoms with van der Waals surface area (Å²) in [5.74, 6) is 0.640. The molecule has 1 rings (SSSR count). The summed E-state index contributed by atoms with van der Waals surface area (Å²) >= 11 is 0. The van der Waals surface area contributed by atoms with Crippen molar-refractivity contribution in [3.63, 3.8) is 0 Å². The highest BCUT2D eigenvalue weighted by Gasteiger charge is 2.37. The van der Waals surface area contributed by atoms with Gasteiger partial charge in [0, 0.05) is 6.04 Å². The molecule has 0 radical (unpaired) electrons. The number of carbonyl (C=O) groups is 1. The van der Waals surface area contributed by atoms with Crippen LogP contribution in [-0.2, 0) is 9.53 Å². The first-order valence-electron chi connectivity index (χ1n) is 5.11. The van der Waals surface area contributed by atoms with Gasteiger partial charge in [-0.1, -0.05) is 13.3 Å². The van der Waals surface area contributed by atoms with Gasteiger partial charge in [0.05, 0.1) is 6.61 Å². The third kappa shape index (κ3) is 2.99. The Morgan fingerprint density at radius 1 is 1.62 bits per heavy atom. The Bertz CT molecular complexity index is 182. The fraction of sp³-hybridized carbons (Fsp3) is 0.900. The molecule has 1 saturated carbocycles. The second kappa shape index (κ2) is 4.61. The van der Waals surface area contributed by atoms with E-state index in [9.17, 15) is 4.79 Å². The zero-order chi connectivity index (χ0) is 9.84. The van der Waals surface area contributed by atoms with Gasteiger partial charge in [-0.25, -0.2) is 0 Å². The molecular formula is C10H19NO2. The molecule has 76 valence electrons. The van der Waals surface area contributed by atoms with Gasteiger partial charge in [-0.05, 0) is 26.2 Å². The Labute approximate surface area is 79.8 Å². The van der Waals surface area contributed by atoms with Crippen LogP contribution >= 0.6 is 0 Å². The van der Waals surface area contributed by atoms with Gasteiger partial charge in [0.2, 0.25) is 0 Å². The van der Waals surface area contributed by atoms with E-state index in [1.54, 1.807) is 0 Å². The van der Waals surface area contributed by atoms with Crippen molar-refractivity contribution >= 4 is 5.97 Å². The smallest absolute Gasteiger partial charge is 0.322 e. The number of rotatable bonds is 5. The molecule has 0 bridgehead atoms. The lowest BCUT2D eigenvalue weighted by Gasteiger charge is -2.11. The van der Waals surface area contributed by atoms with Gasteiger partial charge >= 0.3 is 5.97 Å². The third-order valence-corrected chi connectivity index (χ3v) is 2.55. The zero-order valence-corrected chi connectivity index (χ0v) is 8.67. The van der Waals surface area contributed by atoms with Crippen LogP contribution in [0, 0.1) is 5.92 Å². The summed E-state index contributed by atoms with van der Waals surface area (Å²) < 4.78 is 4.90. The highest BCUT2D eigenvalue weighted by Crippen LogP contribution is 2.33. The van der Waals surface area contributed by atoms with Crippen molar-refractivity contribution in [1.29, 1.82) is 0 Å². The summed E-state index contributed by atoms with van der Waals surface area (Å²) in [6.07, 6.45) is 2.41. The minimum Gasteiger partial charge on any atom is -0.465 e. The molecule has 1 aliphatic carbocycles. The van der Waals surface area contributed by atoms with Gasteiger partial charge in [-0.3, -0.25) is 4.79 Å². The molecule has 3 heteroatoms. The predicted molar refractivity (Wildman–Crippen MR) is 51.4 cm³/mol. The van der Waals surface area contributed by atoms with Crippen molar-refractivity contribution in [3.05, 3.63) is 0 Å². The van der Waals surface area contributed by atoms with Gasteiger partial charge in [-0.15, -0.1) is 0 Å². The molecule has 0 aromatic carbocycles. The first-order chi connectivity index (χ1) is 6.19. The first-order valence-corrected chi connectivity index (χ1v) is 5.11. The monoisotopic (exact) mass is 185 g/mol. The highest BCUT2D eigenvalue weighted by atomic mass is 16.5. The van der Waals surface area contributed by atoms with Crippen molar-refractivity contribution < 1.29 is 9.53 Å². The van der Waals surface area contributed by atoms with E-state index in [4.69, 9.17) is 4.74 Å². The van der Waals surface area contributed by atoms with E-state index in [-0.39, 0.29) is 12.0 Å². The van der Waals surface area contributed by atoms with E-state index in [1.807, 2.05) is 13.8 Å². The Hall–Kier alpha value is -0.570. The second-order valence-corrected chi connectivity index (χ2v) is 3.65. The maximum absolute atomic E-state index is 11.2. The van der Waals surface area contributed by atoms with Crippen LogP contribution in [0.3, 0.4) is 0 Å². The Morgan fingerprint density at radius 2 is 2.31 bits per heavy atom. The maximum Gasteiger partial charge on any atom is 0.322 e. The van der Waals surface area contributed by atoms with Crippen LogP contribution in [0.5, 0.6) is 0 Å². The molecule has 0 aromatic rings. The molecule has 3 atom stereocenters. The average Bonchev–Trinajstić information content (AvgIpc) is 2.83.